The molecule has 0 aliphatic rings. The number of aliphatic carboxylic acids is 1. The van der Waals surface area contributed by atoms with Gasteiger partial charge in [-0.15, -0.1) is 0 Å². The van der Waals surface area contributed by atoms with Crippen LogP contribution in [0.2, 0.25) is 0 Å². The number of nitrogens with zero attached hydrogens (tertiary/aromatic N) is 1. The van der Waals surface area contributed by atoms with Gasteiger partial charge in [0.15, 0.2) is 0 Å². The second-order valence-corrected chi connectivity index (χ2v) is 5.13. The number of methoxy groups -OCH3 is 1. The predicted octanol–water partition coefficient (Wildman–Crippen LogP) is 1.27. The Hall–Kier alpha value is -2.57. The number of hydrogen-bond donors (Lipinski definition) is 2. The van der Waals surface area contributed by atoms with Gasteiger partial charge in [-0.1, -0.05) is 19.1 Å². The maximum Gasteiger partial charge on any atom is 0.316 e. The Morgan fingerprint density at radius 2 is 1.87 bits per heavy atom. The van der Waals surface area contributed by atoms with E-state index in [1.54, 1.807) is 31.2 Å². The van der Waals surface area contributed by atoms with Gasteiger partial charge in [0, 0.05) is 18.8 Å². The summed E-state index contributed by atoms with van der Waals surface area (Å²) >= 11 is 0. The third-order valence-electron chi connectivity index (χ3n) is 3.48. The number of amides is 1. The number of nitrogens with two attached hydrogens (primary N) is 1. The van der Waals surface area contributed by atoms with E-state index in [1.165, 1.54) is 12.0 Å². The number of carboxylic acid groups (broad SMARTS) is 1. The van der Waals surface area contributed by atoms with Gasteiger partial charge < -0.3 is 20.5 Å². The SMILES string of the molecule is CCC(C(=O)O)C(=O)N(CCC(=O)OC)Cc1ccc(N)cc1. The molecule has 0 saturated carbocycles. The fraction of sp³-hybridized carbons (Fsp3) is 0.438. The molecule has 1 aromatic carbocycles. The molecule has 1 atom stereocenters. The molecule has 0 radical (unpaired) electrons. The monoisotopic (exact) mass is 322 g/mol. The molecule has 0 aliphatic carbocycles. The van der Waals surface area contributed by atoms with E-state index in [0.29, 0.717) is 5.69 Å². The van der Waals surface area contributed by atoms with Crippen LogP contribution in [-0.2, 0) is 25.7 Å². The van der Waals surface area contributed by atoms with E-state index in [2.05, 4.69) is 4.74 Å². The molecule has 0 aromatic heterocycles. The zero-order chi connectivity index (χ0) is 17.4. The molecule has 1 aromatic rings. The van der Waals surface area contributed by atoms with Crippen molar-refractivity contribution in [3.8, 4) is 0 Å². The summed E-state index contributed by atoms with van der Waals surface area (Å²) in [6.07, 6.45) is 0.192. The molecule has 0 aliphatic heterocycles. The lowest BCUT2D eigenvalue weighted by Gasteiger charge is -2.25. The Morgan fingerprint density at radius 3 is 2.35 bits per heavy atom. The molecule has 7 nitrogen and oxygen atoms in total. The number of hydrogen-bond acceptors (Lipinski definition) is 5. The van der Waals surface area contributed by atoms with Crippen molar-refractivity contribution >= 4 is 23.5 Å². The molecule has 0 fully saturated rings. The number of carboxylic acids is 1. The molecule has 23 heavy (non-hydrogen) atoms. The Kier molecular flexibility index (Phi) is 7.05. The highest BCUT2D eigenvalue weighted by Crippen LogP contribution is 2.14. The second-order valence-electron chi connectivity index (χ2n) is 5.13. The van der Waals surface area contributed by atoms with Crippen LogP contribution in [0.25, 0.3) is 0 Å². The largest absolute Gasteiger partial charge is 0.481 e. The van der Waals surface area contributed by atoms with E-state index in [0.717, 1.165) is 5.56 Å². The van der Waals surface area contributed by atoms with Crippen molar-refractivity contribution in [2.24, 2.45) is 5.92 Å². The van der Waals surface area contributed by atoms with Crippen LogP contribution in [0.1, 0.15) is 25.3 Å². The summed E-state index contributed by atoms with van der Waals surface area (Å²) in [6.45, 7) is 1.94. The van der Waals surface area contributed by atoms with Crippen molar-refractivity contribution < 1.29 is 24.2 Å². The van der Waals surface area contributed by atoms with Gasteiger partial charge in [0.1, 0.15) is 5.92 Å². The van der Waals surface area contributed by atoms with Crippen molar-refractivity contribution in [3.63, 3.8) is 0 Å². The van der Waals surface area contributed by atoms with Gasteiger partial charge in [-0.2, -0.15) is 0 Å². The molecule has 1 rings (SSSR count). The Bertz CT molecular complexity index is 556. The standard InChI is InChI=1S/C16H22N2O5/c1-3-13(16(21)22)15(20)18(9-8-14(19)23-2)10-11-4-6-12(17)7-5-11/h4-7,13H,3,8-10,17H2,1-2H3,(H,21,22). The molecule has 0 heterocycles. The van der Waals surface area contributed by atoms with Gasteiger partial charge in [-0.25, -0.2) is 0 Å². The van der Waals surface area contributed by atoms with Crippen LogP contribution < -0.4 is 5.73 Å². The van der Waals surface area contributed by atoms with Gasteiger partial charge in [0.25, 0.3) is 0 Å². The minimum Gasteiger partial charge on any atom is -0.481 e. The minimum atomic E-state index is -1.17. The summed E-state index contributed by atoms with van der Waals surface area (Å²) < 4.78 is 4.57. The average Bonchev–Trinajstić information content (AvgIpc) is 2.52. The summed E-state index contributed by atoms with van der Waals surface area (Å²) in [5.74, 6) is -3.26. The number of nitrogen functional groups attached to an aromatic ring is 1. The van der Waals surface area contributed by atoms with Crippen LogP contribution in [0, 0.1) is 5.92 Å². The maximum atomic E-state index is 12.5. The first kappa shape index (κ1) is 18.5. The molecule has 0 saturated heterocycles. The lowest BCUT2D eigenvalue weighted by Crippen LogP contribution is -2.40. The molecule has 3 N–H and O–H groups in total. The van der Waals surface area contributed by atoms with Gasteiger partial charge in [-0.05, 0) is 24.1 Å². The lowest BCUT2D eigenvalue weighted by atomic mass is 10.0. The van der Waals surface area contributed by atoms with E-state index in [1.807, 2.05) is 0 Å². The minimum absolute atomic E-state index is 0.00721. The highest BCUT2D eigenvalue weighted by Gasteiger charge is 2.29. The first-order valence-corrected chi connectivity index (χ1v) is 7.31. The van der Waals surface area contributed by atoms with Gasteiger partial charge >= 0.3 is 11.9 Å². The number of carbonyl (C=O) groups excluding carboxylic acids is 2. The third-order valence-corrected chi connectivity index (χ3v) is 3.48. The zero-order valence-electron chi connectivity index (χ0n) is 13.3. The molecular weight excluding hydrogens is 300 g/mol. The number of rotatable bonds is 8. The molecular formula is C16H22N2O5. The van der Waals surface area contributed by atoms with Crippen LogP contribution in [0.3, 0.4) is 0 Å². The molecule has 126 valence electrons. The van der Waals surface area contributed by atoms with Crippen LogP contribution in [-0.4, -0.2) is 41.5 Å². The summed E-state index contributed by atoms with van der Waals surface area (Å²) in [4.78, 5) is 36.4. The first-order valence-electron chi connectivity index (χ1n) is 7.31. The Labute approximate surface area is 135 Å². The zero-order valence-corrected chi connectivity index (χ0v) is 13.3. The van der Waals surface area contributed by atoms with Gasteiger partial charge in [-0.3, -0.25) is 14.4 Å². The summed E-state index contributed by atoms with van der Waals surface area (Å²) in [6, 6.07) is 6.92. The fourth-order valence-electron chi connectivity index (χ4n) is 2.11. The molecule has 1 unspecified atom stereocenters. The second kappa shape index (κ2) is 8.77. The molecule has 7 heteroatoms. The van der Waals surface area contributed by atoms with Crippen LogP contribution in [0.5, 0.6) is 0 Å². The Morgan fingerprint density at radius 1 is 1.26 bits per heavy atom. The van der Waals surface area contributed by atoms with Gasteiger partial charge in [0.05, 0.1) is 13.5 Å². The Balaban J connectivity index is 2.91. The van der Waals surface area contributed by atoms with E-state index >= 15 is 0 Å². The smallest absolute Gasteiger partial charge is 0.316 e. The predicted molar refractivity (Wildman–Crippen MR) is 84.3 cm³/mol. The summed E-state index contributed by atoms with van der Waals surface area (Å²) in [5, 5.41) is 9.16. The van der Waals surface area contributed by atoms with Crippen LogP contribution >= 0.6 is 0 Å². The van der Waals surface area contributed by atoms with E-state index in [4.69, 9.17) is 10.8 Å². The van der Waals surface area contributed by atoms with E-state index < -0.39 is 23.8 Å². The van der Waals surface area contributed by atoms with Crippen molar-refractivity contribution in [1.82, 2.24) is 4.90 Å². The fourth-order valence-corrected chi connectivity index (χ4v) is 2.11. The van der Waals surface area contributed by atoms with Gasteiger partial charge in [0.2, 0.25) is 5.91 Å². The molecule has 0 spiro atoms. The van der Waals surface area contributed by atoms with Crippen molar-refractivity contribution in [1.29, 1.82) is 0 Å². The number of ether oxygens (including phenoxy) is 1. The number of carbonyl (C=O) groups is 3. The summed E-state index contributed by atoms with van der Waals surface area (Å²) in [5.41, 5.74) is 7.02. The first-order chi connectivity index (χ1) is 10.9. The molecule has 1 amide bonds. The average molecular weight is 322 g/mol. The van der Waals surface area contributed by atoms with Crippen molar-refractivity contribution in [2.45, 2.75) is 26.3 Å². The van der Waals surface area contributed by atoms with E-state index in [-0.39, 0.29) is 25.9 Å². The van der Waals surface area contributed by atoms with Crippen LogP contribution in [0.15, 0.2) is 24.3 Å². The number of esters is 1. The highest BCUT2D eigenvalue weighted by atomic mass is 16.5. The van der Waals surface area contributed by atoms with E-state index in [9.17, 15) is 14.4 Å². The van der Waals surface area contributed by atoms with Crippen molar-refractivity contribution in [3.05, 3.63) is 29.8 Å². The topological polar surface area (TPSA) is 110 Å². The highest BCUT2D eigenvalue weighted by molar-refractivity contribution is 5.97. The number of benzene rings is 1. The normalized spacial score (nSPS) is 11.6. The lowest BCUT2D eigenvalue weighted by molar-refractivity contribution is -0.151. The quantitative estimate of drug-likeness (QED) is 0.424. The third kappa shape index (κ3) is 5.61. The van der Waals surface area contributed by atoms with Crippen LogP contribution in [0.4, 0.5) is 5.69 Å². The maximum absolute atomic E-state index is 12.5. The van der Waals surface area contributed by atoms with Crippen molar-refractivity contribution in [2.75, 3.05) is 19.4 Å². The number of anilines is 1. The summed E-state index contributed by atoms with van der Waals surface area (Å²) in [7, 11) is 1.26. The molecule has 0 bridgehead atoms.